The highest BCUT2D eigenvalue weighted by molar-refractivity contribution is 7.19. The normalized spacial score (nSPS) is 12.2. The zero-order chi connectivity index (χ0) is 21.5. The van der Waals surface area contributed by atoms with Gasteiger partial charge < -0.3 is 10.1 Å². The average Bonchev–Trinajstić information content (AvgIpc) is 3.34. The number of aryl methyl sites for hydroxylation is 2. The van der Waals surface area contributed by atoms with Crippen LogP contribution in [-0.4, -0.2) is 32.8 Å². The molecular formula is C23H21N5O2S. The van der Waals surface area contributed by atoms with Crippen molar-refractivity contribution in [1.29, 1.82) is 0 Å². The van der Waals surface area contributed by atoms with Gasteiger partial charge in [-0.05, 0) is 44.0 Å². The molecule has 1 aromatic carbocycles. The predicted octanol–water partition coefficient (Wildman–Crippen LogP) is 4.43. The number of ether oxygens (including phenoxy) is 1. The summed E-state index contributed by atoms with van der Waals surface area (Å²) in [7, 11) is 1.66. The summed E-state index contributed by atoms with van der Waals surface area (Å²) in [5.74, 6) is 0.607. The van der Waals surface area contributed by atoms with Crippen molar-refractivity contribution in [3.05, 3.63) is 59.5 Å². The minimum atomic E-state index is -0.129. The Labute approximate surface area is 183 Å². The van der Waals surface area contributed by atoms with Crippen LogP contribution >= 0.6 is 11.3 Å². The molecule has 7 nitrogen and oxygen atoms in total. The summed E-state index contributed by atoms with van der Waals surface area (Å²) >= 11 is 1.48. The fraction of sp³-hybridized carbons (Fsp3) is 0.217. The van der Waals surface area contributed by atoms with Crippen LogP contribution in [-0.2, 0) is 17.6 Å². The fourth-order valence-electron chi connectivity index (χ4n) is 3.89. The van der Waals surface area contributed by atoms with Gasteiger partial charge in [-0.15, -0.1) is 0 Å². The van der Waals surface area contributed by atoms with E-state index in [2.05, 4.69) is 21.4 Å². The van der Waals surface area contributed by atoms with Gasteiger partial charge in [-0.3, -0.25) is 9.78 Å². The summed E-state index contributed by atoms with van der Waals surface area (Å²) in [6.45, 7) is 3.47. The fourth-order valence-corrected chi connectivity index (χ4v) is 5.01. The third-order valence-corrected chi connectivity index (χ3v) is 6.31. The Morgan fingerprint density at radius 2 is 2.03 bits per heavy atom. The van der Waals surface area contributed by atoms with Crippen LogP contribution in [0.25, 0.3) is 27.5 Å². The molecule has 0 unspecified atom stereocenters. The lowest BCUT2D eigenvalue weighted by Crippen LogP contribution is -2.07. The number of amides is 1. The zero-order valence-electron chi connectivity index (χ0n) is 17.5. The quantitative estimate of drug-likeness (QED) is 0.517. The zero-order valence-corrected chi connectivity index (χ0v) is 18.3. The molecule has 0 saturated carbocycles. The number of benzene rings is 1. The maximum absolute atomic E-state index is 11.6. The van der Waals surface area contributed by atoms with Crippen molar-refractivity contribution in [3.63, 3.8) is 0 Å². The van der Waals surface area contributed by atoms with E-state index in [1.165, 1.54) is 18.3 Å². The van der Waals surface area contributed by atoms with Crippen molar-refractivity contribution in [2.75, 3.05) is 12.4 Å². The lowest BCUT2D eigenvalue weighted by Gasteiger charge is -2.15. The summed E-state index contributed by atoms with van der Waals surface area (Å²) in [5.41, 5.74) is 6.84. The highest BCUT2D eigenvalue weighted by atomic mass is 32.1. The lowest BCUT2D eigenvalue weighted by molar-refractivity contribution is -0.114. The summed E-state index contributed by atoms with van der Waals surface area (Å²) in [6, 6.07) is 11.9. The molecule has 156 valence electrons. The third kappa shape index (κ3) is 3.38. The number of anilines is 1. The molecule has 1 aliphatic rings. The minimum absolute atomic E-state index is 0.129. The number of carbonyl (C=O) groups excluding carboxylic acids is 1. The van der Waals surface area contributed by atoms with Gasteiger partial charge in [0, 0.05) is 29.9 Å². The van der Waals surface area contributed by atoms with Crippen molar-refractivity contribution in [3.8, 4) is 33.3 Å². The van der Waals surface area contributed by atoms with E-state index in [4.69, 9.17) is 9.84 Å². The lowest BCUT2D eigenvalue weighted by atomic mass is 9.95. The van der Waals surface area contributed by atoms with Crippen LogP contribution in [0.3, 0.4) is 0 Å². The van der Waals surface area contributed by atoms with Crippen molar-refractivity contribution in [1.82, 2.24) is 19.7 Å². The van der Waals surface area contributed by atoms with E-state index in [-0.39, 0.29) is 5.91 Å². The second-order valence-electron chi connectivity index (χ2n) is 7.42. The number of hydrogen-bond donors (Lipinski definition) is 1. The number of fused-ring (bicyclic) bond motifs is 3. The van der Waals surface area contributed by atoms with Gasteiger partial charge in [-0.2, -0.15) is 5.10 Å². The molecule has 3 heterocycles. The summed E-state index contributed by atoms with van der Waals surface area (Å²) in [6.07, 6.45) is 3.47. The number of thiazole rings is 1. The molecule has 8 heteroatoms. The summed E-state index contributed by atoms with van der Waals surface area (Å²) < 4.78 is 7.57. The Kier molecular flexibility index (Phi) is 4.78. The van der Waals surface area contributed by atoms with Crippen LogP contribution in [0.1, 0.15) is 23.9 Å². The van der Waals surface area contributed by atoms with Crippen molar-refractivity contribution >= 4 is 22.4 Å². The van der Waals surface area contributed by atoms with Crippen LogP contribution < -0.4 is 10.1 Å². The van der Waals surface area contributed by atoms with Crippen LogP contribution in [0.2, 0.25) is 0 Å². The molecule has 0 fully saturated rings. The first kappa shape index (κ1) is 19.4. The highest BCUT2D eigenvalue weighted by Gasteiger charge is 2.30. The molecule has 0 aliphatic heterocycles. The van der Waals surface area contributed by atoms with E-state index < -0.39 is 0 Å². The van der Waals surface area contributed by atoms with Crippen molar-refractivity contribution in [2.45, 2.75) is 26.7 Å². The first-order chi connectivity index (χ1) is 15.0. The molecule has 3 aromatic heterocycles. The van der Waals surface area contributed by atoms with Gasteiger partial charge in [0.05, 0.1) is 29.1 Å². The number of pyridine rings is 1. The second kappa shape index (κ2) is 7.63. The largest absolute Gasteiger partial charge is 0.494 e. The van der Waals surface area contributed by atoms with Crippen LogP contribution in [0.5, 0.6) is 5.75 Å². The van der Waals surface area contributed by atoms with Crippen LogP contribution in [0.4, 0.5) is 5.13 Å². The molecule has 1 aliphatic carbocycles. The first-order valence-electron chi connectivity index (χ1n) is 10.0. The summed E-state index contributed by atoms with van der Waals surface area (Å²) in [4.78, 5) is 21.7. The number of rotatable bonds is 4. The van der Waals surface area contributed by atoms with Crippen molar-refractivity contribution in [2.24, 2.45) is 0 Å². The van der Waals surface area contributed by atoms with E-state index in [0.29, 0.717) is 5.13 Å². The van der Waals surface area contributed by atoms with Gasteiger partial charge in [0.15, 0.2) is 5.13 Å². The molecule has 0 atom stereocenters. The SMILES string of the molecule is COc1ccccc1-n1nc(-c2ccc(C)nc2)c2c1-c1sc(NC(C)=O)nc1CC2. The highest BCUT2D eigenvalue weighted by Crippen LogP contribution is 2.44. The van der Waals surface area contributed by atoms with Crippen LogP contribution in [0, 0.1) is 6.92 Å². The van der Waals surface area contributed by atoms with Crippen LogP contribution in [0.15, 0.2) is 42.6 Å². The smallest absolute Gasteiger partial charge is 0.223 e. The molecule has 1 N–H and O–H groups in total. The Morgan fingerprint density at radius 3 is 2.77 bits per heavy atom. The van der Waals surface area contributed by atoms with Gasteiger partial charge in [0.2, 0.25) is 5.91 Å². The number of methoxy groups -OCH3 is 1. The molecule has 31 heavy (non-hydrogen) atoms. The molecule has 0 saturated heterocycles. The van der Waals surface area contributed by atoms with Gasteiger partial charge in [-0.1, -0.05) is 23.5 Å². The molecule has 0 spiro atoms. The molecule has 0 radical (unpaired) electrons. The second-order valence-corrected chi connectivity index (χ2v) is 8.42. The number of nitrogens with one attached hydrogen (secondary N) is 1. The predicted molar refractivity (Wildman–Crippen MR) is 121 cm³/mol. The Balaban J connectivity index is 1.76. The van der Waals surface area contributed by atoms with Gasteiger partial charge in [-0.25, -0.2) is 9.67 Å². The van der Waals surface area contributed by atoms with Gasteiger partial charge in [0.1, 0.15) is 11.4 Å². The Morgan fingerprint density at radius 1 is 1.19 bits per heavy atom. The molecule has 0 bridgehead atoms. The molecular weight excluding hydrogens is 410 g/mol. The number of nitrogens with zero attached hydrogens (tertiary/aromatic N) is 4. The third-order valence-electron chi connectivity index (χ3n) is 5.29. The van der Waals surface area contributed by atoms with E-state index in [9.17, 15) is 4.79 Å². The number of para-hydroxylation sites is 2. The van der Waals surface area contributed by atoms with E-state index >= 15 is 0 Å². The number of carbonyl (C=O) groups is 1. The number of aromatic nitrogens is 4. The topological polar surface area (TPSA) is 81.9 Å². The van der Waals surface area contributed by atoms with Gasteiger partial charge in [0.25, 0.3) is 0 Å². The average molecular weight is 432 g/mol. The maximum Gasteiger partial charge on any atom is 0.223 e. The van der Waals surface area contributed by atoms with E-state index in [1.54, 1.807) is 7.11 Å². The first-order valence-corrected chi connectivity index (χ1v) is 10.8. The van der Waals surface area contributed by atoms with E-state index in [0.717, 1.165) is 63.1 Å². The van der Waals surface area contributed by atoms with E-state index in [1.807, 2.05) is 48.1 Å². The molecule has 1 amide bonds. The Hall–Kier alpha value is -3.52. The Bertz CT molecular complexity index is 1290. The standard InChI is InChI=1S/C23H21N5O2S/c1-13-8-9-15(12-24-13)20-16-10-11-17-22(31-23(26-17)25-14(2)29)21(16)28(27-20)18-6-4-5-7-19(18)30-3/h4-9,12H,10-11H2,1-3H3,(H,25,26,29). The van der Waals surface area contributed by atoms with Gasteiger partial charge >= 0.3 is 0 Å². The molecule has 4 aromatic rings. The minimum Gasteiger partial charge on any atom is -0.494 e. The monoisotopic (exact) mass is 431 g/mol. The molecule has 5 rings (SSSR count). The van der Waals surface area contributed by atoms with Crippen molar-refractivity contribution < 1.29 is 9.53 Å². The number of hydrogen-bond acceptors (Lipinski definition) is 6. The maximum atomic E-state index is 11.6. The summed E-state index contributed by atoms with van der Waals surface area (Å²) in [5, 5.41) is 8.46.